The maximum absolute atomic E-state index is 13.0. The van der Waals surface area contributed by atoms with Crippen molar-refractivity contribution < 1.29 is 13.2 Å². The molecule has 8 heteroatoms. The molecule has 1 saturated heterocycles. The molecule has 166 valence electrons. The van der Waals surface area contributed by atoms with Crippen molar-refractivity contribution in [3.8, 4) is 17.2 Å². The van der Waals surface area contributed by atoms with E-state index in [0.717, 1.165) is 13.0 Å². The molecular weight excluding hydrogens is 436 g/mol. The number of anilines is 1. The first-order valence-corrected chi connectivity index (χ1v) is 11.9. The highest BCUT2D eigenvalue weighted by atomic mass is 32.2. The molecule has 3 aromatic carbocycles. The minimum atomic E-state index is -3.82. The van der Waals surface area contributed by atoms with Crippen molar-refractivity contribution in [2.24, 2.45) is 4.40 Å². The van der Waals surface area contributed by atoms with Gasteiger partial charge in [-0.2, -0.15) is 13.7 Å². The highest BCUT2D eigenvalue weighted by Gasteiger charge is 2.20. The molecule has 7 nitrogen and oxygen atoms in total. The molecule has 1 heterocycles. The van der Waals surface area contributed by atoms with Crippen molar-refractivity contribution in [1.29, 1.82) is 5.26 Å². The second-order valence-electron chi connectivity index (χ2n) is 7.69. The summed E-state index contributed by atoms with van der Waals surface area (Å²) in [6, 6.07) is 22.2. The monoisotopic (exact) mass is 458 g/mol. The van der Waals surface area contributed by atoms with Crippen molar-refractivity contribution in [1.82, 2.24) is 4.90 Å². The number of carbonyl (C=O) groups excluding carboxylic acids is 1. The maximum Gasteiger partial charge on any atom is 0.283 e. The molecule has 0 bridgehead atoms. The van der Waals surface area contributed by atoms with Gasteiger partial charge >= 0.3 is 0 Å². The Morgan fingerprint density at radius 1 is 1.00 bits per heavy atom. The van der Waals surface area contributed by atoms with E-state index in [1.807, 2.05) is 24.1 Å². The van der Waals surface area contributed by atoms with Crippen LogP contribution in [0.4, 0.5) is 5.69 Å². The summed E-state index contributed by atoms with van der Waals surface area (Å²) in [6.07, 6.45) is 1.52. The molecule has 3 aromatic rings. The first-order chi connectivity index (χ1) is 15.9. The van der Waals surface area contributed by atoms with E-state index in [0.29, 0.717) is 40.2 Å². The second kappa shape index (κ2) is 9.27. The molecule has 1 aliphatic rings. The van der Waals surface area contributed by atoms with Gasteiger partial charge in [-0.25, -0.2) is 0 Å². The highest BCUT2D eigenvalue weighted by molar-refractivity contribution is 7.90. The van der Waals surface area contributed by atoms with Crippen LogP contribution in [0.2, 0.25) is 0 Å². The first-order valence-electron chi connectivity index (χ1n) is 10.4. The number of hydrogen-bond acceptors (Lipinski definition) is 4. The third kappa shape index (κ3) is 4.78. The molecule has 4 rings (SSSR count). The van der Waals surface area contributed by atoms with Crippen LogP contribution in [0.3, 0.4) is 0 Å². The van der Waals surface area contributed by atoms with E-state index in [-0.39, 0.29) is 10.8 Å². The van der Waals surface area contributed by atoms with Gasteiger partial charge in [-0.1, -0.05) is 36.4 Å². The first kappa shape index (κ1) is 22.2. The molecule has 0 unspecified atom stereocenters. The fourth-order valence-electron chi connectivity index (χ4n) is 3.74. The minimum Gasteiger partial charge on any atom is -0.362 e. The van der Waals surface area contributed by atoms with Gasteiger partial charge in [0.05, 0.1) is 16.5 Å². The average Bonchev–Trinajstić information content (AvgIpc) is 3.23. The van der Waals surface area contributed by atoms with Crippen LogP contribution in [0, 0.1) is 11.3 Å². The van der Waals surface area contributed by atoms with E-state index in [1.54, 1.807) is 36.4 Å². The van der Waals surface area contributed by atoms with E-state index in [4.69, 9.17) is 0 Å². The van der Waals surface area contributed by atoms with Crippen LogP contribution in [0.1, 0.15) is 28.8 Å². The lowest BCUT2D eigenvalue weighted by atomic mass is 9.95. The summed E-state index contributed by atoms with van der Waals surface area (Å²) in [4.78, 5) is 14.9. The Morgan fingerprint density at radius 2 is 1.67 bits per heavy atom. The molecule has 0 aliphatic carbocycles. The lowest BCUT2D eigenvalue weighted by molar-refractivity contribution is 0.102. The van der Waals surface area contributed by atoms with E-state index in [9.17, 15) is 18.5 Å². The molecule has 33 heavy (non-hydrogen) atoms. The van der Waals surface area contributed by atoms with Crippen molar-refractivity contribution in [2.45, 2.75) is 17.7 Å². The molecule has 1 N–H and O–H groups in total. The van der Waals surface area contributed by atoms with E-state index in [2.05, 4.69) is 15.8 Å². The normalized spacial score (nSPS) is 14.8. The van der Waals surface area contributed by atoms with Crippen molar-refractivity contribution >= 4 is 27.5 Å². The summed E-state index contributed by atoms with van der Waals surface area (Å²) in [5.41, 5.74) is 2.65. The lowest BCUT2D eigenvalue weighted by Gasteiger charge is -2.12. The number of nitrogens with one attached hydrogen (secondary N) is 1. The number of nitrogens with zero attached hydrogens (tertiary/aromatic N) is 3. The summed E-state index contributed by atoms with van der Waals surface area (Å²) in [5, 5.41) is 12.2. The third-order valence-electron chi connectivity index (χ3n) is 5.48. The van der Waals surface area contributed by atoms with Crippen molar-refractivity contribution in [3.63, 3.8) is 0 Å². The fourth-order valence-corrected chi connectivity index (χ4v) is 4.83. The standard InChI is InChI=1S/C25H22N4O3S/c1-29-16-6-11-24(29)28-33(31,32)20-14-12-19(13-15-20)27-25(30)23-10-5-4-9-22(23)21-8-3-2-7-18(21)17-26/h2-5,7-10,12-15H,6,11,16H2,1H3,(H,27,30). The number of carbonyl (C=O) groups is 1. The number of amides is 1. The summed E-state index contributed by atoms with van der Waals surface area (Å²) < 4.78 is 29.2. The van der Waals surface area contributed by atoms with E-state index in [1.165, 1.54) is 24.3 Å². The molecule has 0 spiro atoms. The number of sulfonamides is 1. The van der Waals surface area contributed by atoms with Gasteiger partial charge in [0.1, 0.15) is 5.84 Å². The average molecular weight is 459 g/mol. The largest absolute Gasteiger partial charge is 0.362 e. The van der Waals surface area contributed by atoms with Crippen LogP contribution in [0.5, 0.6) is 0 Å². The zero-order valence-corrected chi connectivity index (χ0v) is 18.8. The molecule has 0 saturated carbocycles. The molecule has 0 radical (unpaired) electrons. The van der Waals surface area contributed by atoms with Gasteiger partial charge in [0, 0.05) is 36.8 Å². The predicted molar refractivity (Wildman–Crippen MR) is 127 cm³/mol. The number of hydrogen-bond donors (Lipinski definition) is 1. The van der Waals surface area contributed by atoms with Crippen LogP contribution in [-0.2, 0) is 10.0 Å². The van der Waals surface area contributed by atoms with Crippen molar-refractivity contribution in [2.75, 3.05) is 18.9 Å². The smallest absolute Gasteiger partial charge is 0.283 e. The number of benzene rings is 3. The van der Waals surface area contributed by atoms with Crippen molar-refractivity contribution in [3.05, 3.63) is 83.9 Å². The van der Waals surface area contributed by atoms with E-state index >= 15 is 0 Å². The number of rotatable bonds is 5. The van der Waals surface area contributed by atoms with Crippen LogP contribution >= 0.6 is 0 Å². The summed E-state index contributed by atoms with van der Waals surface area (Å²) in [5.74, 6) is 0.198. The molecular formula is C25H22N4O3S. The third-order valence-corrected chi connectivity index (χ3v) is 6.80. The Balaban J connectivity index is 1.57. The summed E-state index contributed by atoms with van der Waals surface area (Å²) in [6.45, 7) is 0.791. The van der Waals surface area contributed by atoms with Gasteiger partial charge < -0.3 is 10.2 Å². The van der Waals surface area contributed by atoms with Crippen LogP contribution in [0.25, 0.3) is 11.1 Å². The van der Waals surface area contributed by atoms with Gasteiger partial charge in [0.2, 0.25) is 0 Å². The molecule has 1 fully saturated rings. The molecule has 1 aliphatic heterocycles. The number of nitriles is 1. The molecule has 0 atom stereocenters. The van der Waals surface area contributed by atoms with Gasteiger partial charge in [-0.05, 0) is 48.4 Å². The quantitative estimate of drug-likeness (QED) is 0.614. The number of amidine groups is 1. The maximum atomic E-state index is 13.0. The minimum absolute atomic E-state index is 0.0663. The van der Waals surface area contributed by atoms with Gasteiger partial charge in [0.25, 0.3) is 15.9 Å². The SMILES string of the molecule is CN1CCCC1=NS(=O)(=O)c1ccc(NC(=O)c2ccccc2-c2ccccc2C#N)cc1. The summed E-state index contributed by atoms with van der Waals surface area (Å²) >= 11 is 0. The fraction of sp³-hybridized carbons (Fsp3) is 0.160. The van der Waals surface area contributed by atoms with Gasteiger partial charge in [0.15, 0.2) is 0 Å². The van der Waals surface area contributed by atoms with E-state index < -0.39 is 10.0 Å². The second-order valence-corrected chi connectivity index (χ2v) is 9.29. The zero-order valence-electron chi connectivity index (χ0n) is 18.0. The Labute approximate surface area is 193 Å². The number of likely N-dealkylation sites (tertiary alicyclic amines) is 1. The Bertz CT molecular complexity index is 1370. The van der Waals surface area contributed by atoms with Crippen LogP contribution in [0.15, 0.2) is 82.1 Å². The van der Waals surface area contributed by atoms with Crippen LogP contribution in [-0.4, -0.2) is 38.7 Å². The Kier molecular flexibility index (Phi) is 6.24. The molecule has 0 aromatic heterocycles. The van der Waals surface area contributed by atoms with Gasteiger partial charge in [-0.15, -0.1) is 4.40 Å². The Hall–Kier alpha value is -3.96. The van der Waals surface area contributed by atoms with Crippen LogP contribution < -0.4 is 5.32 Å². The topological polar surface area (TPSA) is 103 Å². The highest BCUT2D eigenvalue weighted by Crippen LogP contribution is 2.28. The zero-order chi connectivity index (χ0) is 23.4. The van der Waals surface area contributed by atoms with Gasteiger partial charge in [-0.3, -0.25) is 4.79 Å². The lowest BCUT2D eigenvalue weighted by Crippen LogP contribution is -2.20. The molecule has 1 amide bonds. The predicted octanol–water partition coefficient (Wildman–Crippen LogP) is 4.29. The Morgan fingerprint density at radius 3 is 2.33 bits per heavy atom. The summed E-state index contributed by atoms with van der Waals surface area (Å²) in [7, 11) is -2.00.